The second kappa shape index (κ2) is 6.47. The van der Waals surface area contributed by atoms with Crippen molar-refractivity contribution >= 4 is 21.7 Å². The summed E-state index contributed by atoms with van der Waals surface area (Å²) in [4.78, 5) is 23.4. The fourth-order valence-corrected chi connectivity index (χ4v) is 4.36. The SMILES string of the molecule is Cc1cc(C)n(CC(=O)NNC(=O)C[C@@H]2CCS(=O)(=O)C2)n1. The van der Waals surface area contributed by atoms with Crippen molar-refractivity contribution in [1.82, 2.24) is 20.6 Å². The number of amides is 2. The molecule has 9 heteroatoms. The first-order valence-corrected chi connectivity index (χ1v) is 8.86. The summed E-state index contributed by atoms with van der Waals surface area (Å²) in [6, 6.07) is 1.85. The third kappa shape index (κ3) is 4.55. The van der Waals surface area contributed by atoms with E-state index in [0.717, 1.165) is 11.4 Å². The number of hydrogen-bond donors (Lipinski definition) is 2. The average molecular weight is 328 g/mol. The molecule has 122 valence electrons. The van der Waals surface area contributed by atoms with E-state index in [0.29, 0.717) is 6.42 Å². The molecule has 2 rings (SSSR count). The van der Waals surface area contributed by atoms with Gasteiger partial charge in [-0.1, -0.05) is 0 Å². The Morgan fingerprint density at radius 3 is 2.55 bits per heavy atom. The summed E-state index contributed by atoms with van der Waals surface area (Å²) < 4.78 is 24.2. The van der Waals surface area contributed by atoms with E-state index < -0.39 is 15.7 Å². The van der Waals surface area contributed by atoms with E-state index in [1.807, 2.05) is 19.9 Å². The minimum atomic E-state index is -2.99. The van der Waals surface area contributed by atoms with E-state index >= 15 is 0 Å². The Balaban J connectivity index is 1.74. The van der Waals surface area contributed by atoms with Crippen LogP contribution in [-0.2, 0) is 26.0 Å². The van der Waals surface area contributed by atoms with E-state index in [4.69, 9.17) is 0 Å². The molecule has 2 amide bonds. The van der Waals surface area contributed by atoms with Gasteiger partial charge in [-0.15, -0.1) is 0 Å². The average Bonchev–Trinajstić information content (AvgIpc) is 2.89. The molecule has 1 aliphatic rings. The number of nitrogens with one attached hydrogen (secondary N) is 2. The molecule has 1 fully saturated rings. The van der Waals surface area contributed by atoms with Gasteiger partial charge in [-0.3, -0.25) is 25.1 Å². The van der Waals surface area contributed by atoms with Gasteiger partial charge in [0.15, 0.2) is 9.84 Å². The fraction of sp³-hybridized carbons (Fsp3) is 0.615. The van der Waals surface area contributed by atoms with E-state index in [1.54, 1.807) is 4.68 Å². The van der Waals surface area contributed by atoms with E-state index in [2.05, 4.69) is 16.0 Å². The van der Waals surface area contributed by atoms with Crippen LogP contribution in [0.15, 0.2) is 6.07 Å². The van der Waals surface area contributed by atoms with Gasteiger partial charge in [-0.25, -0.2) is 8.42 Å². The molecular formula is C13H20N4O4S. The van der Waals surface area contributed by atoms with Gasteiger partial charge in [0.1, 0.15) is 6.54 Å². The zero-order chi connectivity index (χ0) is 16.3. The van der Waals surface area contributed by atoms with Crippen LogP contribution in [-0.4, -0.2) is 41.5 Å². The molecule has 8 nitrogen and oxygen atoms in total. The number of nitrogens with zero attached hydrogens (tertiary/aromatic N) is 2. The van der Waals surface area contributed by atoms with Crippen LogP contribution in [0.5, 0.6) is 0 Å². The number of carbonyl (C=O) groups is 2. The largest absolute Gasteiger partial charge is 0.273 e. The fourth-order valence-electron chi connectivity index (χ4n) is 2.50. The van der Waals surface area contributed by atoms with Crippen molar-refractivity contribution in [3.8, 4) is 0 Å². The molecule has 0 bridgehead atoms. The van der Waals surface area contributed by atoms with E-state index in [9.17, 15) is 18.0 Å². The smallest absolute Gasteiger partial charge is 0.260 e. The number of hydrogen-bond acceptors (Lipinski definition) is 5. The molecular weight excluding hydrogens is 308 g/mol. The van der Waals surface area contributed by atoms with Crippen LogP contribution in [0.2, 0.25) is 0 Å². The molecule has 2 heterocycles. The van der Waals surface area contributed by atoms with Gasteiger partial charge in [0, 0.05) is 12.1 Å². The molecule has 1 atom stereocenters. The van der Waals surface area contributed by atoms with Crippen molar-refractivity contribution in [2.75, 3.05) is 11.5 Å². The molecule has 0 aliphatic carbocycles. The zero-order valence-electron chi connectivity index (χ0n) is 12.6. The molecule has 0 unspecified atom stereocenters. The second-order valence-corrected chi connectivity index (χ2v) is 7.88. The maximum absolute atomic E-state index is 11.7. The van der Waals surface area contributed by atoms with Crippen molar-refractivity contribution in [2.24, 2.45) is 5.92 Å². The Morgan fingerprint density at radius 2 is 2.00 bits per heavy atom. The van der Waals surface area contributed by atoms with Crippen LogP contribution in [0.3, 0.4) is 0 Å². The Bertz CT molecular complexity index is 680. The van der Waals surface area contributed by atoms with Crippen molar-refractivity contribution in [1.29, 1.82) is 0 Å². The summed E-state index contributed by atoms with van der Waals surface area (Å²) in [5.74, 6) is -0.768. The molecule has 1 saturated heterocycles. The normalized spacial score (nSPS) is 19.8. The summed E-state index contributed by atoms with van der Waals surface area (Å²) in [7, 11) is -2.99. The number of sulfone groups is 1. The first-order chi connectivity index (χ1) is 10.2. The summed E-state index contributed by atoms with van der Waals surface area (Å²) in [6.07, 6.45) is 0.592. The molecule has 0 saturated carbocycles. The second-order valence-electron chi connectivity index (χ2n) is 5.65. The van der Waals surface area contributed by atoms with Crippen LogP contribution in [0.1, 0.15) is 24.2 Å². The molecule has 1 aromatic heterocycles. The quantitative estimate of drug-likeness (QED) is 0.722. The van der Waals surface area contributed by atoms with E-state index in [-0.39, 0.29) is 36.3 Å². The highest BCUT2D eigenvalue weighted by atomic mass is 32.2. The minimum absolute atomic E-state index is 0.0117. The van der Waals surface area contributed by atoms with Gasteiger partial charge in [-0.2, -0.15) is 5.10 Å². The summed E-state index contributed by atoms with van der Waals surface area (Å²) >= 11 is 0. The maximum atomic E-state index is 11.7. The van der Waals surface area contributed by atoms with Gasteiger partial charge in [-0.05, 0) is 32.3 Å². The molecule has 0 radical (unpaired) electrons. The van der Waals surface area contributed by atoms with Crippen molar-refractivity contribution < 1.29 is 18.0 Å². The predicted molar refractivity (Wildman–Crippen MR) is 79.4 cm³/mol. The van der Waals surface area contributed by atoms with Gasteiger partial charge < -0.3 is 0 Å². The molecule has 22 heavy (non-hydrogen) atoms. The lowest BCUT2D eigenvalue weighted by molar-refractivity contribution is -0.129. The molecule has 1 aliphatic heterocycles. The molecule has 1 aromatic rings. The molecule has 0 spiro atoms. The lowest BCUT2D eigenvalue weighted by atomic mass is 10.1. The zero-order valence-corrected chi connectivity index (χ0v) is 13.4. The first-order valence-electron chi connectivity index (χ1n) is 7.04. The van der Waals surface area contributed by atoms with Crippen molar-refractivity contribution in [3.63, 3.8) is 0 Å². The van der Waals surface area contributed by atoms with Crippen LogP contribution in [0.25, 0.3) is 0 Å². The van der Waals surface area contributed by atoms with Crippen molar-refractivity contribution in [2.45, 2.75) is 33.2 Å². The first kappa shape index (κ1) is 16.5. The number of rotatable bonds is 4. The van der Waals surface area contributed by atoms with Gasteiger partial charge in [0.05, 0.1) is 17.2 Å². The van der Waals surface area contributed by atoms with Crippen LogP contribution < -0.4 is 10.9 Å². The number of carbonyl (C=O) groups excluding carboxylic acids is 2. The highest BCUT2D eigenvalue weighted by Crippen LogP contribution is 2.21. The maximum Gasteiger partial charge on any atom is 0.260 e. The van der Waals surface area contributed by atoms with Crippen LogP contribution in [0, 0.1) is 19.8 Å². The monoisotopic (exact) mass is 328 g/mol. The third-order valence-electron chi connectivity index (χ3n) is 3.54. The summed E-state index contributed by atoms with van der Waals surface area (Å²) in [6.45, 7) is 3.68. The molecule has 2 N–H and O–H groups in total. The lowest BCUT2D eigenvalue weighted by Crippen LogP contribution is -2.44. The third-order valence-corrected chi connectivity index (χ3v) is 5.38. The summed E-state index contributed by atoms with van der Waals surface area (Å²) in [5, 5.41) is 4.15. The minimum Gasteiger partial charge on any atom is -0.273 e. The Kier molecular flexibility index (Phi) is 4.84. The predicted octanol–water partition coefficient (Wildman–Crippen LogP) is -0.528. The van der Waals surface area contributed by atoms with Gasteiger partial charge in [0.2, 0.25) is 5.91 Å². The number of aromatic nitrogens is 2. The van der Waals surface area contributed by atoms with Gasteiger partial charge in [0.25, 0.3) is 5.91 Å². The van der Waals surface area contributed by atoms with Crippen molar-refractivity contribution in [3.05, 3.63) is 17.5 Å². The topological polar surface area (TPSA) is 110 Å². The van der Waals surface area contributed by atoms with Crippen LogP contribution >= 0.6 is 0 Å². The highest BCUT2D eigenvalue weighted by molar-refractivity contribution is 7.91. The highest BCUT2D eigenvalue weighted by Gasteiger charge is 2.29. The Labute approximate surface area is 129 Å². The number of aryl methyl sites for hydroxylation is 2. The summed E-state index contributed by atoms with van der Waals surface area (Å²) in [5.41, 5.74) is 6.30. The molecule has 0 aromatic carbocycles. The number of hydrazine groups is 1. The van der Waals surface area contributed by atoms with Gasteiger partial charge >= 0.3 is 0 Å². The Hall–Kier alpha value is -1.90. The van der Waals surface area contributed by atoms with E-state index in [1.165, 1.54) is 0 Å². The lowest BCUT2D eigenvalue weighted by Gasteiger charge is -2.10. The Morgan fingerprint density at radius 1 is 1.32 bits per heavy atom. The standard InChI is InChI=1S/C13H20N4O4S/c1-9-5-10(2)17(16-9)7-13(19)15-14-12(18)6-11-3-4-22(20,21)8-11/h5,11H,3-4,6-8H2,1-2H3,(H,14,18)(H,15,19)/t11-/m0/s1. The van der Waals surface area contributed by atoms with Crippen LogP contribution in [0.4, 0.5) is 0 Å².